The molecule has 0 N–H and O–H groups in total. The normalized spacial score (nSPS) is 21.8. The smallest absolute Gasteiger partial charge is 0.0201 e. The highest BCUT2D eigenvalue weighted by atomic mass is 14.4. The largest absolute Gasteiger partial charge is 0.0955 e. The van der Waals surface area contributed by atoms with Gasteiger partial charge in [-0.3, -0.25) is 0 Å². The lowest BCUT2D eigenvalue weighted by Gasteiger charge is -2.34. The quantitative estimate of drug-likeness (QED) is 0.357. The minimum absolute atomic E-state index is 0.286. The topological polar surface area (TPSA) is 0 Å². The van der Waals surface area contributed by atoms with E-state index in [2.05, 4.69) is 114 Å². The lowest BCUT2D eigenvalue weighted by atomic mass is 9.69. The third-order valence-corrected chi connectivity index (χ3v) is 8.46. The molecule has 38 heavy (non-hydrogen) atoms. The van der Waals surface area contributed by atoms with Crippen molar-refractivity contribution < 1.29 is 0 Å². The van der Waals surface area contributed by atoms with Crippen LogP contribution in [0.2, 0.25) is 0 Å². The molecule has 1 saturated carbocycles. The van der Waals surface area contributed by atoms with Crippen LogP contribution in [0.4, 0.5) is 0 Å². The van der Waals surface area contributed by atoms with Crippen LogP contribution >= 0.6 is 0 Å². The number of hydrogen-bond acceptors (Lipinski definition) is 0. The lowest BCUT2D eigenvalue weighted by molar-refractivity contribution is 0.619. The number of hydrogen-bond donors (Lipinski definition) is 0. The molecule has 0 radical (unpaired) electrons. The first-order chi connectivity index (χ1) is 18.3. The third kappa shape index (κ3) is 4.81. The van der Waals surface area contributed by atoms with Gasteiger partial charge in [0.05, 0.1) is 0 Å². The van der Waals surface area contributed by atoms with Crippen LogP contribution in [-0.4, -0.2) is 0 Å². The third-order valence-electron chi connectivity index (χ3n) is 8.46. The van der Waals surface area contributed by atoms with Gasteiger partial charge < -0.3 is 0 Å². The van der Waals surface area contributed by atoms with E-state index in [1.165, 1.54) is 66.8 Å². The Labute approximate surface area is 229 Å². The van der Waals surface area contributed by atoms with Crippen molar-refractivity contribution in [2.75, 3.05) is 0 Å². The molecule has 2 atom stereocenters. The van der Waals surface area contributed by atoms with Crippen LogP contribution < -0.4 is 0 Å². The number of allylic oxidation sites excluding steroid dienone is 13. The molecule has 3 aliphatic carbocycles. The minimum atomic E-state index is 0.286. The summed E-state index contributed by atoms with van der Waals surface area (Å²) >= 11 is 0. The molecule has 0 bridgehead atoms. The van der Waals surface area contributed by atoms with E-state index in [1.54, 1.807) is 0 Å². The van der Waals surface area contributed by atoms with Crippen LogP contribution in [0.15, 0.2) is 132 Å². The number of fused-ring (bicyclic) bond motifs is 1. The van der Waals surface area contributed by atoms with Crippen molar-refractivity contribution in [2.24, 2.45) is 5.92 Å². The molecule has 0 heteroatoms. The summed E-state index contributed by atoms with van der Waals surface area (Å²) in [5.41, 5.74) is 17.3. The molecule has 5 rings (SSSR count). The second-order valence-corrected chi connectivity index (χ2v) is 11.3. The van der Waals surface area contributed by atoms with Gasteiger partial charge in [0.15, 0.2) is 0 Å². The summed E-state index contributed by atoms with van der Waals surface area (Å²) in [7, 11) is 0. The van der Waals surface area contributed by atoms with E-state index in [0.29, 0.717) is 5.92 Å². The van der Waals surface area contributed by atoms with Crippen LogP contribution in [0.5, 0.6) is 0 Å². The lowest BCUT2D eigenvalue weighted by Crippen LogP contribution is -2.21. The summed E-state index contributed by atoms with van der Waals surface area (Å²) < 4.78 is 0. The van der Waals surface area contributed by atoms with Crippen LogP contribution in [0, 0.1) is 12.8 Å². The molecule has 0 aliphatic heterocycles. The zero-order chi connectivity index (χ0) is 27.0. The highest BCUT2D eigenvalue weighted by molar-refractivity contribution is 5.77. The maximum Gasteiger partial charge on any atom is 0.0201 e. The summed E-state index contributed by atoms with van der Waals surface area (Å²) in [6, 6.07) is 17.7. The maximum atomic E-state index is 4.71. The number of aryl methyl sites for hydroxylation is 1. The van der Waals surface area contributed by atoms with Gasteiger partial charge in [0.1, 0.15) is 0 Å². The fourth-order valence-electron chi connectivity index (χ4n) is 6.63. The number of benzene rings is 2. The fourth-order valence-corrected chi connectivity index (χ4v) is 6.63. The van der Waals surface area contributed by atoms with E-state index in [0.717, 1.165) is 31.3 Å². The van der Waals surface area contributed by atoms with Gasteiger partial charge in [0.25, 0.3) is 0 Å². The summed E-state index contributed by atoms with van der Waals surface area (Å²) in [6.07, 6.45) is 13.5. The van der Waals surface area contributed by atoms with Gasteiger partial charge in [-0.1, -0.05) is 123 Å². The summed E-state index contributed by atoms with van der Waals surface area (Å²) in [6.45, 7) is 22.1. The van der Waals surface area contributed by atoms with Crippen LogP contribution in [-0.2, 0) is 0 Å². The highest BCUT2D eigenvalue weighted by Crippen LogP contribution is 2.55. The molecule has 1 fully saturated rings. The monoisotopic (exact) mass is 496 g/mol. The number of rotatable bonds is 7. The molecule has 3 aliphatic rings. The van der Waals surface area contributed by atoms with Gasteiger partial charge >= 0.3 is 0 Å². The van der Waals surface area contributed by atoms with Crippen LogP contribution in [0.3, 0.4) is 0 Å². The van der Waals surface area contributed by atoms with E-state index in [1.807, 2.05) is 0 Å². The second kappa shape index (κ2) is 10.6. The van der Waals surface area contributed by atoms with Crippen LogP contribution in [0.1, 0.15) is 74.6 Å². The van der Waals surface area contributed by atoms with Crippen molar-refractivity contribution in [3.63, 3.8) is 0 Å². The first-order valence-electron chi connectivity index (χ1n) is 14.0. The molecule has 0 amide bonds. The van der Waals surface area contributed by atoms with Gasteiger partial charge in [-0.25, -0.2) is 0 Å². The Morgan fingerprint density at radius 2 is 1.74 bits per heavy atom. The van der Waals surface area contributed by atoms with Crippen molar-refractivity contribution in [3.8, 4) is 0 Å². The molecule has 0 nitrogen and oxygen atoms in total. The van der Waals surface area contributed by atoms with Crippen LogP contribution in [0.25, 0.3) is 11.1 Å². The van der Waals surface area contributed by atoms with Crippen molar-refractivity contribution in [2.45, 2.75) is 59.3 Å². The molecule has 2 aromatic rings. The van der Waals surface area contributed by atoms with Crippen molar-refractivity contribution in [3.05, 3.63) is 154 Å². The minimum Gasteiger partial charge on any atom is -0.0955 e. The Bertz CT molecular complexity index is 1480. The predicted molar refractivity (Wildman–Crippen MR) is 166 cm³/mol. The van der Waals surface area contributed by atoms with E-state index in [-0.39, 0.29) is 5.92 Å². The second-order valence-electron chi connectivity index (χ2n) is 11.3. The zero-order valence-corrected chi connectivity index (χ0v) is 23.5. The highest BCUT2D eigenvalue weighted by Gasteiger charge is 2.40. The molecular formula is C38H40. The Morgan fingerprint density at radius 1 is 0.974 bits per heavy atom. The zero-order valence-electron chi connectivity index (χ0n) is 23.5. The van der Waals surface area contributed by atoms with E-state index >= 15 is 0 Å². The molecule has 0 heterocycles. The molecule has 192 valence electrons. The molecule has 2 aromatic carbocycles. The van der Waals surface area contributed by atoms with Gasteiger partial charge in [-0.2, -0.15) is 0 Å². The summed E-state index contributed by atoms with van der Waals surface area (Å²) in [5.74, 6) is 0.594. The molecule has 0 spiro atoms. The van der Waals surface area contributed by atoms with Gasteiger partial charge in [0.2, 0.25) is 0 Å². The first kappa shape index (κ1) is 26.0. The molecule has 0 saturated heterocycles. The van der Waals surface area contributed by atoms with E-state index in [4.69, 9.17) is 6.58 Å². The average Bonchev–Trinajstić information content (AvgIpc) is 3.48. The predicted octanol–water partition coefficient (Wildman–Crippen LogP) is 10.6. The van der Waals surface area contributed by atoms with Gasteiger partial charge in [-0.15, -0.1) is 0 Å². The first-order valence-corrected chi connectivity index (χ1v) is 14.0. The standard InChI is InChI=1S/C38H40/c1-8-12-25(4)36-27(6)20-34-23-33(28(7)37(34)38(36)30-13-10-9-11-14-30)22-29-15-16-32(21-29)35-18-17-31(24(2)3)19-26(35)5/h9-11,13-20,22,37-38H,2,4,7-8,12,21,23H2,1,3,5-6H3. The van der Waals surface area contributed by atoms with Crippen molar-refractivity contribution in [1.29, 1.82) is 0 Å². The van der Waals surface area contributed by atoms with Gasteiger partial charge in [0, 0.05) is 11.8 Å². The maximum absolute atomic E-state index is 4.71. The Hall–Kier alpha value is -3.64. The molecular weight excluding hydrogens is 456 g/mol. The Morgan fingerprint density at radius 3 is 2.42 bits per heavy atom. The summed E-state index contributed by atoms with van der Waals surface area (Å²) in [5, 5.41) is 0. The SMILES string of the molecule is C=C(CCC)C1=C(C)C=C2CC(=CC3=CC=C(c4ccc(C(=C)C)cc4C)C3)C(=C)C2C1c1ccccc1. The van der Waals surface area contributed by atoms with E-state index in [9.17, 15) is 0 Å². The Balaban J connectivity index is 1.42. The molecule has 2 unspecified atom stereocenters. The van der Waals surface area contributed by atoms with Crippen molar-refractivity contribution >= 4 is 11.1 Å². The summed E-state index contributed by atoms with van der Waals surface area (Å²) in [4.78, 5) is 0. The van der Waals surface area contributed by atoms with Crippen molar-refractivity contribution in [1.82, 2.24) is 0 Å². The molecule has 0 aromatic heterocycles. The van der Waals surface area contributed by atoms with Gasteiger partial charge in [-0.05, 0) is 95.7 Å². The average molecular weight is 497 g/mol. The fraction of sp³-hybridized carbons (Fsp3) is 0.263. The Kier molecular flexibility index (Phi) is 7.26. The van der Waals surface area contributed by atoms with E-state index < -0.39 is 0 Å².